The molecule has 4 nitrogen and oxygen atoms in total. The minimum atomic E-state index is -0.214. The Bertz CT molecular complexity index is 1620. The van der Waals surface area contributed by atoms with Crippen LogP contribution in [0.5, 0.6) is 11.5 Å². The molecule has 40 heavy (non-hydrogen) atoms. The highest BCUT2D eigenvalue weighted by Gasteiger charge is 2.41. The minimum absolute atomic E-state index is 0.0145. The maximum atomic E-state index is 13.9. The summed E-state index contributed by atoms with van der Waals surface area (Å²) in [5.41, 5.74) is 8.50. The first-order valence-electron chi connectivity index (χ1n) is 13.5. The van der Waals surface area contributed by atoms with Crippen molar-refractivity contribution < 1.29 is 13.9 Å². The van der Waals surface area contributed by atoms with E-state index in [1.54, 1.807) is 19.2 Å². The first kappa shape index (κ1) is 26.3. The van der Waals surface area contributed by atoms with Crippen molar-refractivity contribution in [1.29, 1.82) is 0 Å². The Kier molecular flexibility index (Phi) is 7.40. The molecule has 2 atom stereocenters. The zero-order valence-electron chi connectivity index (χ0n) is 22.4. The molecule has 0 saturated heterocycles. The Balaban J connectivity index is 0.00000142. The lowest BCUT2D eigenvalue weighted by Gasteiger charge is -2.46. The molecule has 0 amide bonds. The maximum Gasteiger partial charge on any atom is 0.162 e. The summed E-state index contributed by atoms with van der Waals surface area (Å²) < 4.78 is 26.0. The van der Waals surface area contributed by atoms with Crippen molar-refractivity contribution in [3.05, 3.63) is 130 Å². The number of halogens is 1. The van der Waals surface area contributed by atoms with E-state index in [2.05, 4.69) is 73.9 Å². The quantitative estimate of drug-likeness (QED) is 0.270. The lowest BCUT2D eigenvalue weighted by molar-refractivity contribution is 0.127. The number of hydrogen-bond donors (Lipinski definition) is 1. The second-order valence-electron chi connectivity index (χ2n) is 10.2. The summed E-state index contributed by atoms with van der Waals surface area (Å²) >= 11 is 0. The van der Waals surface area contributed by atoms with E-state index in [-0.39, 0.29) is 17.9 Å². The standard InChI is InChI=1S/C33H29FN2O2.B2/c1-37-30-17-23-15-16-36-29(26(23)19-31(30)38-20-21-7-3-2-4-8-21)18-27-25-9-5-6-10-28(25)35-32(27)33(36)22-11-13-24(34)14-12-22;1-2/h2-14,17,19,29,33,35H,15-16,18,20H2,1H3;. The Morgan fingerprint density at radius 1 is 0.925 bits per heavy atom. The van der Waals surface area contributed by atoms with Crippen LogP contribution in [0.25, 0.3) is 10.9 Å². The van der Waals surface area contributed by atoms with Gasteiger partial charge in [-0.2, -0.15) is 0 Å². The molecule has 196 valence electrons. The molecule has 2 aliphatic rings. The number of aromatic amines is 1. The molecule has 0 spiro atoms. The molecule has 2 aliphatic heterocycles. The first-order valence-corrected chi connectivity index (χ1v) is 13.5. The van der Waals surface area contributed by atoms with E-state index in [9.17, 15) is 4.39 Å². The third-order valence-corrected chi connectivity index (χ3v) is 8.10. The number of nitrogens with one attached hydrogen (secondary N) is 1. The van der Waals surface area contributed by atoms with Crippen LogP contribution >= 0.6 is 0 Å². The average Bonchev–Trinajstić information content (AvgIpc) is 3.38. The summed E-state index contributed by atoms with van der Waals surface area (Å²) in [6.07, 6.45) is 1.81. The van der Waals surface area contributed by atoms with E-state index in [0.717, 1.165) is 47.5 Å². The van der Waals surface area contributed by atoms with E-state index in [1.807, 2.05) is 30.3 Å². The van der Waals surface area contributed by atoms with Crippen LogP contribution in [0.2, 0.25) is 0 Å². The molecule has 1 aromatic heterocycles. The van der Waals surface area contributed by atoms with Crippen LogP contribution in [0, 0.1) is 5.82 Å². The predicted molar refractivity (Wildman–Crippen MR) is 159 cm³/mol. The van der Waals surface area contributed by atoms with Crippen LogP contribution in [0.4, 0.5) is 4.39 Å². The van der Waals surface area contributed by atoms with Gasteiger partial charge in [0.25, 0.3) is 0 Å². The molecule has 0 bridgehead atoms. The van der Waals surface area contributed by atoms with Gasteiger partial charge in [-0.05, 0) is 71.0 Å². The lowest BCUT2D eigenvalue weighted by Crippen LogP contribution is -2.43. The number of ether oxygens (including phenoxy) is 2. The van der Waals surface area contributed by atoms with Gasteiger partial charge in [0.05, 0.1) is 13.2 Å². The van der Waals surface area contributed by atoms with Gasteiger partial charge >= 0.3 is 0 Å². The fourth-order valence-electron chi connectivity index (χ4n) is 6.31. The smallest absolute Gasteiger partial charge is 0.162 e. The number of rotatable bonds is 5. The zero-order valence-corrected chi connectivity index (χ0v) is 22.4. The lowest BCUT2D eigenvalue weighted by atomic mass is 9.80. The first-order chi connectivity index (χ1) is 19.7. The molecular formula is C33H29B2FN2O2. The number of aromatic nitrogens is 1. The summed E-state index contributed by atoms with van der Waals surface area (Å²) in [5, 5.41) is 1.26. The van der Waals surface area contributed by atoms with Crippen molar-refractivity contribution in [2.45, 2.75) is 31.5 Å². The summed E-state index contributed by atoms with van der Waals surface area (Å²) in [6.45, 7) is 1.39. The molecule has 2 unspecified atom stereocenters. The van der Waals surface area contributed by atoms with Gasteiger partial charge < -0.3 is 14.5 Å². The van der Waals surface area contributed by atoms with Crippen LogP contribution in [-0.4, -0.2) is 39.0 Å². The largest absolute Gasteiger partial charge is 0.493 e. The number of benzene rings is 4. The highest BCUT2D eigenvalue weighted by molar-refractivity contribution is 6.75. The van der Waals surface area contributed by atoms with Gasteiger partial charge in [-0.3, -0.25) is 4.90 Å². The Hall–Kier alpha value is -3.96. The highest BCUT2D eigenvalue weighted by atomic mass is 19.1. The number of fused-ring (bicyclic) bond motifs is 6. The molecule has 0 fully saturated rings. The second-order valence-corrected chi connectivity index (χ2v) is 10.2. The summed E-state index contributed by atoms with van der Waals surface area (Å²) in [6, 6.07) is 30.2. The average molecular weight is 526 g/mol. The molecule has 7 heteroatoms. The van der Waals surface area contributed by atoms with E-state index in [4.69, 9.17) is 9.47 Å². The number of hydrogen-bond acceptors (Lipinski definition) is 3. The van der Waals surface area contributed by atoms with Gasteiger partial charge in [0, 0.05) is 44.7 Å². The minimum Gasteiger partial charge on any atom is -0.493 e. The highest BCUT2D eigenvalue weighted by Crippen LogP contribution is 2.49. The summed E-state index contributed by atoms with van der Waals surface area (Å²) in [7, 11) is 9.70. The third kappa shape index (κ3) is 4.69. The Morgan fingerprint density at radius 3 is 2.45 bits per heavy atom. The van der Waals surface area contributed by atoms with Crippen molar-refractivity contribution in [2.75, 3.05) is 13.7 Å². The predicted octanol–water partition coefficient (Wildman–Crippen LogP) is 6.38. The van der Waals surface area contributed by atoms with Gasteiger partial charge in [0.15, 0.2) is 11.5 Å². The summed E-state index contributed by atoms with van der Waals surface area (Å²) in [4.78, 5) is 6.29. The van der Waals surface area contributed by atoms with E-state index >= 15 is 0 Å². The number of para-hydroxylation sites is 1. The van der Waals surface area contributed by atoms with Crippen LogP contribution < -0.4 is 9.47 Å². The molecule has 0 saturated carbocycles. The molecule has 0 aliphatic carbocycles. The van der Waals surface area contributed by atoms with Gasteiger partial charge in [0.1, 0.15) is 12.4 Å². The van der Waals surface area contributed by atoms with Crippen molar-refractivity contribution in [3.8, 4) is 11.5 Å². The van der Waals surface area contributed by atoms with E-state index < -0.39 is 0 Å². The number of H-pyrrole nitrogens is 1. The van der Waals surface area contributed by atoms with Gasteiger partial charge in [0.2, 0.25) is 0 Å². The van der Waals surface area contributed by atoms with Crippen LogP contribution in [0.15, 0.2) is 91.0 Å². The van der Waals surface area contributed by atoms with Crippen LogP contribution in [-0.2, 0) is 19.4 Å². The molecule has 7 rings (SSSR count). The molecule has 5 aromatic rings. The summed E-state index contributed by atoms with van der Waals surface area (Å²) in [5.74, 6) is 1.32. The van der Waals surface area contributed by atoms with Crippen molar-refractivity contribution in [1.82, 2.24) is 9.88 Å². The maximum absolute atomic E-state index is 13.9. The van der Waals surface area contributed by atoms with Crippen molar-refractivity contribution in [3.63, 3.8) is 0 Å². The fraction of sp³-hybridized carbons (Fsp3) is 0.212. The molecular weight excluding hydrogens is 497 g/mol. The second kappa shape index (κ2) is 11.3. The number of nitrogens with zero attached hydrogens (tertiary/aromatic N) is 1. The van der Waals surface area contributed by atoms with Gasteiger partial charge in [-0.25, -0.2) is 4.39 Å². The zero-order chi connectivity index (χ0) is 27.6. The molecule has 4 radical (unpaired) electrons. The Morgan fingerprint density at radius 2 is 1.68 bits per heavy atom. The molecule has 1 N–H and O–H groups in total. The SMILES string of the molecule is COc1cc2c(cc1OCc1ccccc1)C1Cc3c([nH]c4ccccc34)C(c3ccc(F)cc3)N1CC2.[B][B]. The normalized spacial score (nSPS) is 17.6. The molecule has 4 aromatic carbocycles. The van der Waals surface area contributed by atoms with Crippen molar-refractivity contribution in [2.24, 2.45) is 0 Å². The van der Waals surface area contributed by atoms with Gasteiger partial charge in [-0.1, -0.05) is 60.7 Å². The fourth-order valence-corrected chi connectivity index (χ4v) is 6.31. The Labute approximate surface area is 236 Å². The third-order valence-electron chi connectivity index (χ3n) is 8.10. The van der Waals surface area contributed by atoms with Crippen LogP contribution in [0.1, 0.15) is 45.6 Å². The van der Waals surface area contributed by atoms with Crippen molar-refractivity contribution >= 4 is 26.4 Å². The van der Waals surface area contributed by atoms with Crippen LogP contribution in [0.3, 0.4) is 0 Å². The van der Waals surface area contributed by atoms with E-state index in [1.165, 1.54) is 27.8 Å². The van der Waals surface area contributed by atoms with Gasteiger partial charge in [-0.15, -0.1) is 0 Å². The molecule has 3 heterocycles. The topological polar surface area (TPSA) is 37.5 Å². The number of methoxy groups -OCH3 is 1. The van der Waals surface area contributed by atoms with E-state index in [0.29, 0.717) is 6.61 Å². The monoisotopic (exact) mass is 526 g/mol.